The van der Waals surface area contributed by atoms with Crippen molar-refractivity contribution in [3.05, 3.63) is 20.8 Å². The van der Waals surface area contributed by atoms with Gasteiger partial charge in [-0.05, 0) is 60.9 Å². The SMILES string of the molecule is COCC1(CNC(=O)C(C)c2ccc(Br)s2)CCNCC1.Cl. The highest BCUT2D eigenvalue weighted by atomic mass is 79.9. The number of thiophene rings is 1. The lowest BCUT2D eigenvalue weighted by Crippen LogP contribution is -2.47. The first kappa shape index (κ1) is 19.9. The smallest absolute Gasteiger partial charge is 0.228 e. The molecule has 0 aromatic carbocycles. The van der Waals surface area contributed by atoms with Gasteiger partial charge in [0.15, 0.2) is 0 Å². The van der Waals surface area contributed by atoms with Crippen LogP contribution in [0, 0.1) is 5.41 Å². The molecule has 1 unspecified atom stereocenters. The normalized spacial score (nSPS) is 18.3. The van der Waals surface area contributed by atoms with Gasteiger partial charge in [-0.3, -0.25) is 4.79 Å². The van der Waals surface area contributed by atoms with E-state index in [1.807, 2.05) is 19.1 Å². The lowest BCUT2D eigenvalue weighted by atomic mass is 9.79. The molecule has 1 aliphatic heterocycles. The van der Waals surface area contributed by atoms with E-state index in [0.29, 0.717) is 13.2 Å². The van der Waals surface area contributed by atoms with Crippen LogP contribution in [0.4, 0.5) is 0 Å². The number of hydrogen-bond donors (Lipinski definition) is 2. The van der Waals surface area contributed by atoms with Gasteiger partial charge in [0.1, 0.15) is 0 Å². The predicted octanol–water partition coefficient (Wildman–Crippen LogP) is 3.17. The van der Waals surface area contributed by atoms with E-state index in [1.54, 1.807) is 18.4 Å². The van der Waals surface area contributed by atoms with Crippen molar-refractivity contribution in [2.24, 2.45) is 5.41 Å². The zero-order valence-electron chi connectivity index (χ0n) is 13.0. The summed E-state index contributed by atoms with van der Waals surface area (Å²) in [6.07, 6.45) is 2.08. The number of piperidine rings is 1. The molecule has 1 atom stereocenters. The second kappa shape index (κ2) is 9.23. The van der Waals surface area contributed by atoms with E-state index in [9.17, 15) is 4.79 Å². The molecule has 2 heterocycles. The molecule has 126 valence electrons. The Morgan fingerprint density at radius 2 is 2.18 bits per heavy atom. The zero-order valence-corrected chi connectivity index (χ0v) is 16.2. The number of rotatable bonds is 6. The van der Waals surface area contributed by atoms with Gasteiger partial charge < -0.3 is 15.4 Å². The average Bonchev–Trinajstić information content (AvgIpc) is 2.92. The van der Waals surface area contributed by atoms with Crippen molar-refractivity contribution in [3.63, 3.8) is 0 Å². The number of nitrogens with one attached hydrogen (secondary N) is 2. The van der Waals surface area contributed by atoms with Crippen molar-refractivity contribution in [3.8, 4) is 0 Å². The van der Waals surface area contributed by atoms with E-state index in [0.717, 1.165) is 34.6 Å². The minimum atomic E-state index is -0.109. The molecule has 0 bridgehead atoms. The van der Waals surface area contributed by atoms with Gasteiger partial charge in [0.25, 0.3) is 0 Å². The van der Waals surface area contributed by atoms with Crippen LogP contribution in [0.2, 0.25) is 0 Å². The molecule has 7 heteroatoms. The lowest BCUT2D eigenvalue weighted by molar-refractivity contribution is -0.123. The fraction of sp³-hybridized carbons (Fsp3) is 0.667. The summed E-state index contributed by atoms with van der Waals surface area (Å²) in [7, 11) is 1.73. The molecule has 0 spiro atoms. The highest BCUT2D eigenvalue weighted by molar-refractivity contribution is 9.11. The minimum Gasteiger partial charge on any atom is -0.384 e. The van der Waals surface area contributed by atoms with Crippen LogP contribution in [0.5, 0.6) is 0 Å². The Bertz CT molecular complexity index is 472. The summed E-state index contributed by atoms with van der Waals surface area (Å²) < 4.78 is 6.44. The Hall–Kier alpha value is -0.140. The summed E-state index contributed by atoms with van der Waals surface area (Å²) in [4.78, 5) is 13.5. The molecule has 0 radical (unpaired) electrons. The molecule has 1 aliphatic rings. The Morgan fingerprint density at radius 3 is 2.73 bits per heavy atom. The van der Waals surface area contributed by atoms with Crippen LogP contribution >= 0.6 is 39.7 Å². The molecular formula is C15H24BrClN2O2S. The number of halogens is 2. The van der Waals surface area contributed by atoms with E-state index in [1.165, 1.54) is 0 Å². The van der Waals surface area contributed by atoms with E-state index in [2.05, 4.69) is 26.6 Å². The molecule has 1 fully saturated rings. The number of methoxy groups -OCH3 is 1. The third-order valence-corrected chi connectivity index (χ3v) is 5.97. The van der Waals surface area contributed by atoms with Gasteiger partial charge in [0.2, 0.25) is 5.91 Å². The first-order valence-corrected chi connectivity index (χ1v) is 8.90. The van der Waals surface area contributed by atoms with E-state index < -0.39 is 0 Å². The van der Waals surface area contributed by atoms with E-state index >= 15 is 0 Å². The third-order valence-electron chi connectivity index (χ3n) is 4.17. The third kappa shape index (κ3) is 5.20. The first-order chi connectivity index (χ1) is 10.1. The standard InChI is InChI=1S/C15H23BrN2O2S.ClH/c1-11(12-3-4-13(16)21-12)14(19)18-9-15(10-20-2)5-7-17-8-6-15;/h3-4,11,17H,5-10H2,1-2H3,(H,18,19);1H. The second-order valence-corrected chi connectivity index (χ2v) is 8.26. The predicted molar refractivity (Wildman–Crippen MR) is 97.1 cm³/mol. The molecule has 2 rings (SSSR count). The summed E-state index contributed by atoms with van der Waals surface area (Å²) in [6.45, 7) is 5.34. The first-order valence-electron chi connectivity index (χ1n) is 7.29. The topological polar surface area (TPSA) is 50.4 Å². The van der Waals surface area contributed by atoms with Crippen molar-refractivity contribution in [2.45, 2.75) is 25.7 Å². The van der Waals surface area contributed by atoms with E-state index in [-0.39, 0.29) is 29.6 Å². The fourth-order valence-corrected chi connectivity index (χ4v) is 4.23. The summed E-state index contributed by atoms with van der Waals surface area (Å²) in [5.74, 6) is -0.0130. The number of ether oxygens (including phenoxy) is 1. The lowest BCUT2D eigenvalue weighted by Gasteiger charge is -2.37. The molecule has 1 aromatic heterocycles. The van der Waals surface area contributed by atoms with Crippen LogP contribution in [0.3, 0.4) is 0 Å². The summed E-state index contributed by atoms with van der Waals surface area (Å²) >= 11 is 5.06. The highest BCUT2D eigenvalue weighted by Gasteiger charge is 2.33. The van der Waals surface area contributed by atoms with Crippen molar-refractivity contribution < 1.29 is 9.53 Å². The highest BCUT2D eigenvalue weighted by Crippen LogP contribution is 2.30. The van der Waals surface area contributed by atoms with Gasteiger partial charge in [-0.1, -0.05) is 0 Å². The molecule has 1 saturated heterocycles. The van der Waals surface area contributed by atoms with Gasteiger partial charge in [-0.15, -0.1) is 23.7 Å². The van der Waals surface area contributed by atoms with Crippen LogP contribution < -0.4 is 10.6 Å². The van der Waals surface area contributed by atoms with Gasteiger partial charge in [0, 0.05) is 23.9 Å². The summed E-state index contributed by atoms with van der Waals surface area (Å²) in [5.41, 5.74) is 0.0748. The molecule has 0 saturated carbocycles. The largest absolute Gasteiger partial charge is 0.384 e. The van der Waals surface area contributed by atoms with Gasteiger partial charge in [0.05, 0.1) is 16.3 Å². The Morgan fingerprint density at radius 1 is 1.50 bits per heavy atom. The van der Waals surface area contributed by atoms with Crippen LogP contribution in [0.25, 0.3) is 0 Å². The molecule has 4 nitrogen and oxygen atoms in total. The monoisotopic (exact) mass is 410 g/mol. The van der Waals surface area contributed by atoms with Crippen molar-refractivity contribution >= 4 is 45.6 Å². The second-order valence-electron chi connectivity index (χ2n) is 5.76. The average molecular weight is 412 g/mol. The van der Waals surface area contributed by atoms with Crippen LogP contribution in [-0.4, -0.2) is 39.3 Å². The maximum absolute atomic E-state index is 12.4. The molecule has 0 aliphatic carbocycles. The Kier molecular flexibility index (Phi) is 8.35. The summed E-state index contributed by atoms with van der Waals surface area (Å²) in [5, 5.41) is 6.50. The number of carbonyl (C=O) groups excluding carboxylic acids is 1. The van der Waals surface area contributed by atoms with Crippen LogP contribution in [0.1, 0.15) is 30.6 Å². The molecule has 22 heavy (non-hydrogen) atoms. The summed E-state index contributed by atoms with van der Waals surface area (Å²) in [6, 6.07) is 4.00. The van der Waals surface area contributed by atoms with E-state index in [4.69, 9.17) is 4.74 Å². The molecule has 1 aromatic rings. The number of amides is 1. The number of carbonyl (C=O) groups is 1. The molecule has 1 amide bonds. The minimum absolute atomic E-state index is 0. The van der Waals surface area contributed by atoms with Gasteiger partial charge in [-0.25, -0.2) is 0 Å². The fourth-order valence-electron chi connectivity index (χ4n) is 2.75. The van der Waals surface area contributed by atoms with Gasteiger partial charge >= 0.3 is 0 Å². The molecular weight excluding hydrogens is 388 g/mol. The van der Waals surface area contributed by atoms with Crippen molar-refractivity contribution in [1.82, 2.24) is 10.6 Å². The van der Waals surface area contributed by atoms with Crippen molar-refractivity contribution in [1.29, 1.82) is 0 Å². The van der Waals surface area contributed by atoms with Gasteiger partial charge in [-0.2, -0.15) is 0 Å². The molecule has 2 N–H and O–H groups in total. The van der Waals surface area contributed by atoms with Crippen LogP contribution in [0.15, 0.2) is 15.9 Å². The van der Waals surface area contributed by atoms with Crippen molar-refractivity contribution in [2.75, 3.05) is 33.4 Å². The quantitative estimate of drug-likeness (QED) is 0.756. The van der Waals surface area contributed by atoms with Crippen LogP contribution in [-0.2, 0) is 9.53 Å². The maximum atomic E-state index is 12.4. The Labute approximate surface area is 150 Å². The maximum Gasteiger partial charge on any atom is 0.228 e. The zero-order chi connectivity index (χ0) is 15.3. The number of hydrogen-bond acceptors (Lipinski definition) is 4. The Balaban J connectivity index is 0.00000242.